The minimum absolute atomic E-state index is 0.0668. The highest BCUT2D eigenvalue weighted by Crippen LogP contribution is 2.25. The zero-order chi connectivity index (χ0) is 14.5. The Morgan fingerprint density at radius 1 is 1.35 bits per heavy atom. The van der Waals surface area contributed by atoms with Crippen LogP contribution < -0.4 is 4.74 Å². The number of benzene rings is 1. The average Bonchev–Trinajstić information content (AvgIpc) is 2.46. The molecule has 0 saturated carbocycles. The molecular formula is C14H16ClNO4. The van der Waals surface area contributed by atoms with Crippen LogP contribution in [0.2, 0.25) is 5.02 Å². The molecule has 0 N–H and O–H groups in total. The summed E-state index contributed by atoms with van der Waals surface area (Å²) in [6, 6.07) is 4.77. The van der Waals surface area contributed by atoms with Crippen molar-refractivity contribution in [3.05, 3.63) is 28.8 Å². The third-order valence-electron chi connectivity index (χ3n) is 3.05. The van der Waals surface area contributed by atoms with Gasteiger partial charge in [0.15, 0.2) is 12.4 Å². The summed E-state index contributed by atoms with van der Waals surface area (Å²) >= 11 is 6.02. The predicted octanol–water partition coefficient (Wildman–Crippen LogP) is 1.78. The van der Waals surface area contributed by atoms with Crippen LogP contribution in [-0.2, 0) is 9.53 Å². The van der Waals surface area contributed by atoms with E-state index in [0.717, 1.165) is 0 Å². The number of hydrogen-bond acceptors (Lipinski definition) is 4. The van der Waals surface area contributed by atoms with Gasteiger partial charge in [0.05, 0.1) is 18.2 Å². The number of amides is 1. The molecule has 0 spiro atoms. The molecule has 1 aliphatic rings. The third-order valence-corrected chi connectivity index (χ3v) is 3.35. The molecule has 1 amide bonds. The van der Waals surface area contributed by atoms with Gasteiger partial charge >= 0.3 is 0 Å². The zero-order valence-electron chi connectivity index (χ0n) is 11.2. The molecule has 20 heavy (non-hydrogen) atoms. The number of halogens is 1. The summed E-state index contributed by atoms with van der Waals surface area (Å²) < 4.78 is 10.6. The minimum Gasteiger partial charge on any atom is -0.482 e. The Morgan fingerprint density at radius 2 is 2.05 bits per heavy atom. The van der Waals surface area contributed by atoms with Crippen molar-refractivity contribution in [3.8, 4) is 5.75 Å². The van der Waals surface area contributed by atoms with Gasteiger partial charge in [0.25, 0.3) is 5.91 Å². The lowest BCUT2D eigenvalue weighted by atomic mass is 10.1. The molecule has 0 radical (unpaired) electrons. The van der Waals surface area contributed by atoms with E-state index in [4.69, 9.17) is 21.1 Å². The van der Waals surface area contributed by atoms with Gasteiger partial charge in [-0.2, -0.15) is 0 Å². The molecule has 1 aromatic carbocycles. The number of nitrogens with zero attached hydrogens (tertiary/aromatic N) is 1. The van der Waals surface area contributed by atoms with E-state index in [1.165, 1.54) is 6.92 Å². The van der Waals surface area contributed by atoms with E-state index in [2.05, 4.69) is 0 Å². The van der Waals surface area contributed by atoms with Gasteiger partial charge in [-0.3, -0.25) is 9.59 Å². The van der Waals surface area contributed by atoms with Crippen LogP contribution in [0.15, 0.2) is 18.2 Å². The molecule has 108 valence electrons. The lowest BCUT2D eigenvalue weighted by molar-refractivity contribution is -0.137. The monoisotopic (exact) mass is 297 g/mol. The van der Waals surface area contributed by atoms with Crippen LogP contribution >= 0.6 is 11.6 Å². The molecule has 0 atom stereocenters. The molecule has 0 aromatic heterocycles. The van der Waals surface area contributed by atoms with E-state index in [1.54, 1.807) is 23.1 Å². The summed E-state index contributed by atoms with van der Waals surface area (Å²) in [6.07, 6.45) is 0. The maximum Gasteiger partial charge on any atom is 0.260 e. The van der Waals surface area contributed by atoms with Gasteiger partial charge in [0.1, 0.15) is 5.75 Å². The van der Waals surface area contributed by atoms with E-state index < -0.39 is 0 Å². The molecule has 6 heteroatoms. The van der Waals surface area contributed by atoms with Crippen molar-refractivity contribution in [1.82, 2.24) is 4.90 Å². The number of rotatable bonds is 4. The van der Waals surface area contributed by atoms with Crippen molar-refractivity contribution >= 4 is 23.3 Å². The normalized spacial score (nSPS) is 15.0. The molecular weight excluding hydrogens is 282 g/mol. The van der Waals surface area contributed by atoms with Crippen molar-refractivity contribution < 1.29 is 19.1 Å². The largest absolute Gasteiger partial charge is 0.482 e. The Kier molecular flexibility index (Phi) is 4.98. The second kappa shape index (κ2) is 6.72. The topological polar surface area (TPSA) is 55.8 Å². The number of ketones is 1. The summed E-state index contributed by atoms with van der Waals surface area (Å²) in [7, 11) is 0. The highest BCUT2D eigenvalue weighted by Gasteiger charge is 2.17. The van der Waals surface area contributed by atoms with E-state index in [9.17, 15) is 9.59 Å². The van der Waals surface area contributed by atoms with Gasteiger partial charge in [0, 0.05) is 18.7 Å². The molecule has 0 bridgehead atoms. The average molecular weight is 298 g/mol. The van der Waals surface area contributed by atoms with E-state index >= 15 is 0 Å². The molecule has 1 aliphatic heterocycles. The number of hydrogen-bond donors (Lipinski definition) is 0. The Labute approximate surface area is 122 Å². The van der Waals surface area contributed by atoms with Crippen molar-refractivity contribution in [2.45, 2.75) is 6.92 Å². The summed E-state index contributed by atoms with van der Waals surface area (Å²) in [5, 5.41) is 0.326. The van der Waals surface area contributed by atoms with Gasteiger partial charge < -0.3 is 14.4 Å². The summed E-state index contributed by atoms with van der Waals surface area (Å²) in [5.74, 6) is 0.237. The van der Waals surface area contributed by atoms with Crippen molar-refractivity contribution in [2.75, 3.05) is 32.9 Å². The van der Waals surface area contributed by atoms with Gasteiger partial charge in [-0.05, 0) is 25.1 Å². The summed E-state index contributed by atoms with van der Waals surface area (Å²) in [4.78, 5) is 24.8. The fourth-order valence-corrected chi connectivity index (χ4v) is 2.12. The second-order valence-electron chi connectivity index (χ2n) is 4.48. The standard InChI is InChI=1S/C14H16ClNO4/c1-10(17)11-2-3-13(12(15)8-11)20-9-14(18)16-4-6-19-7-5-16/h2-3,8H,4-7,9H2,1H3. The number of morpholine rings is 1. The first-order chi connectivity index (χ1) is 9.58. The van der Waals surface area contributed by atoms with Gasteiger partial charge in [-0.25, -0.2) is 0 Å². The predicted molar refractivity (Wildman–Crippen MR) is 74.4 cm³/mol. The van der Waals surface area contributed by atoms with Crippen LogP contribution in [0.3, 0.4) is 0 Å². The fraction of sp³-hybridized carbons (Fsp3) is 0.429. The van der Waals surface area contributed by atoms with Crippen LogP contribution in [0, 0.1) is 0 Å². The van der Waals surface area contributed by atoms with Gasteiger partial charge in [0.2, 0.25) is 0 Å². The van der Waals surface area contributed by atoms with E-state index in [0.29, 0.717) is 42.6 Å². The van der Waals surface area contributed by atoms with Crippen LogP contribution in [-0.4, -0.2) is 49.5 Å². The molecule has 1 saturated heterocycles. The maximum absolute atomic E-state index is 11.9. The van der Waals surface area contributed by atoms with Crippen molar-refractivity contribution in [1.29, 1.82) is 0 Å². The molecule has 1 fully saturated rings. The number of carbonyl (C=O) groups excluding carboxylic acids is 2. The Hall–Kier alpha value is -1.59. The summed E-state index contributed by atoms with van der Waals surface area (Å²) in [5.41, 5.74) is 0.516. The Balaban J connectivity index is 1.93. The van der Waals surface area contributed by atoms with Crippen LogP contribution in [0.5, 0.6) is 5.75 Å². The number of Topliss-reactive ketones (excluding diaryl/α,β-unsaturated/α-hetero) is 1. The Bertz CT molecular complexity index is 512. The van der Waals surface area contributed by atoms with Crippen molar-refractivity contribution in [2.24, 2.45) is 0 Å². The Morgan fingerprint density at radius 3 is 2.65 bits per heavy atom. The van der Waals surface area contributed by atoms with Gasteiger partial charge in [-0.1, -0.05) is 11.6 Å². The van der Waals surface area contributed by atoms with Crippen LogP contribution in [0.4, 0.5) is 0 Å². The molecule has 0 unspecified atom stereocenters. The second-order valence-corrected chi connectivity index (χ2v) is 4.89. The van der Waals surface area contributed by atoms with Crippen LogP contribution in [0.1, 0.15) is 17.3 Å². The molecule has 5 nitrogen and oxygen atoms in total. The lowest BCUT2D eigenvalue weighted by Gasteiger charge is -2.26. The SMILES string of the molecule is CC(=O)c1ccc(OCC(=O)N2CCOCC2)c(Cl)c1. The molecule has 1 aromatic rings. The van der Waals surface area contributed by atoms with E-state index in [-0.39, 0.29) is 18.3 Å². The summed E-state index contributed by atoms with van der Waals surface area (Å²) in [6.45, 7) is 3.67. The first-order valence-electron chi connectivity index (χ1n) is 6.37. The first-order valence-corrected chi connectivity index (χ1v) is 6.74. The zero-order valence-corrected chi connectivity index (χ0v) is 12.0. The van der Waals surface area contributed by atoms with Crippen LogP contribution in [0.25, 0.3) is 0 Å². The highest BCUT2D eigenvalue weighted by atomic mass is 35.5. The fourth-order valence-electron chi connectivity index (χ4n) is 1.88. The quantitative estimate of drug-likeness (QED) is 0.795. The highest BCUT2D eigenvalue weighted by molar-refractivity contribution is 6.32. The lowest BCUT2D eigenvalue weighted by Crippen LogP contribution is -2.43. The first kappa shape index (κ1) is 14.8. The smallest absolute Gasteiger partial charge is 0.260 e. The molecule has 2 rings (SSSR count). The third kappa shape index (κ3) is 3.71. The van der Waals surface area contributed by atoms with Gasteiger partial charge in [-0.15, -0.1) is 0 Å². The molecule has 0 aliphatic carbocycles. The van der Waals surface area contributed by atoms with E-state index in [1.807, 2.05) is 0 Å². The molecule has 1 heterocycles. The van der Waals surface area contributed by atoms with Crippen molar-refractivity contribution in [3.63, 3.8) is 0 Å². The minimum atomic E-state index is -0.0972. The number of ether oxygens (including phenoxy) is 2. The maximum atomic E-state index is 11.9. The number of carbonyl (C=O) groups is 2.